The first-order valence-electron chi connectivity index (χ1n) is 8.04. The molecule has 0 saturated heterocycles. The summed E-state index contributed by atoms with van der Waals surface area (Å²) in [4.78, 5) is 16.7. The SMILES string of the molecule is CC(C)n1ncc2cc(C(=O)Oc3ccc(-c4nnco4)cc3)cnc21. The number of rotatable bonds is 4. The van der Waals surface area contributed by atoms with Gasteiger partial charge in [0.05, 0.1) is 11.8 Å². The first kappa shape index (κ1) is 15.9. The third-order valence-corrected chi connectivity index (χ3v) is 3.83. The van der Waals surface area contributed by atoms with Crippen molar-refractivity contribution in [3.8, 4) is 17.2 Å². The van der Waals surface area contributed by atoms with Gasteiger partial charge >= 0.3 is 5.97 Å². The van der Waals surface area contributed by atoms with Crippen molar-refractivity contribution in [3.05, 3.63) is 54.7 Å². The topological polar surface area (TPSA) is 95.9 Å². The van der Waals surface area contributed by atoms with Crippen molar-refractivity contribution in [1.29, 1.82) is 0 Å². The van der Waals surface area contributed by atoms with Crippen molar-refractivity contribution in [3.63, 3.8) is 0 Å². The van der Waals surface area contributed by atoms with Crippen LogP contribution in [0.15, 0.2) is 53.5 Å². The highest BCUT2D eigenvalue weighted by Crippen LogP contribution is 2.22. The molecule has 0 aliphatic rings. The van der Waals surface area contributed by atoms with E-state index in [0.717, 1.165) is 16.6 Å². The fourth-order valence-electron chi connectivity index (χ4n) is 2.56. The molecule has 8 nitrogen and oxygen atoms in total. The Balaban J connectivity index is 1.53. The van der Waals surface area contributed by atoms with Gasteiger partial charge < -0.3 is 9.15 Å². The van der Waals surface area contributed by atoms with E-state index in [4.69, 9.17) is 9.15 Å². The van der Waals surface area contributed by atoms with Crippen LogP contribution in [0.5, 0.6) is 5.75 Å². The van der Waals surface area contributed by atoms with Gasteiger partial charge in [0.1, 0.15) is 5.75 Å². The van der Waals surface area contributed by atoms with Crippen LogP contribution in [0.2, 0.25) is 0 Å². The standard InChI is InChI=1S/C18H15N5O3/c1-11(2)23-16-13(9-21-23)7-14(8-19-16)18(24)26-15-5-3-12(4-6-15)17-22-20-10-25-17/h3-11H,1-2H3. The number of benzene rings is 1. The van der Waals surface area contributed by atoms with Crippen LogP contribution in [-0.4, -0.2) is 30.9 Å². The number of carbonyl (C=O) groups excluding carboxylic acids is 1. The van der Waals surface area contributed by atoms with E-state index in [-0.39, 0.29) is 6.04 Å². The number of fused-ring (bicyclic) bond motifs is 1. The van der Waals surface area contributed by atoms with E-state index in [1.165, 1.54) is 12.6 Å². The van der Waals surface area contributed by atoms with Crippen molar-refractivity contribution in [2.24, 2.45) is 0 Å². The van der Waals surface area contributed by atoms with Crippen LogP contribution in [0.3, 0.4) is 0 Å². The molecule has 26 heavy (non-hydrogen) atoms. The Morgan fingerprint density at radius 2 is 2.00 bits per heavy atom. The Morgan fingerprint density at radius 3 is 2.69 bits per heavy atom. The monoisotopic (exact) mass is 349 g/mol. The quantitative estimate of drug-likeness (QED) is 0.412. The molecule has 0 saturated carbocycles. The molecule has 0 N–H and O–H groups in total. The Hall–Kier alpha value is -3.55. The van der Waals surface area contributed by atoms with Crippen LogP contribution in [-0.2, 0) is 0 Å². The van der Waals surface area contributed by atoms with Gasteiger partial charge in [0.15, 0.2) is 5.65 Å². The molecule has 0 atom stereocenters. The van der Waals surface area contributed by atoms with Crippen molar-refractivity contribution < 1.29 is 13.9 Å². The van der Waals surface area contributed by atoms with E-state index in [9.17, 15) is 4.79 Å². The summed E-state index contributed by atoms with van der Waals surface area (Å²) in [5.74, 6) is 0.332. The zero-order chi connectivity index (χ0) is 18.1. The maximum atomic E-state index is 12.4. The molecule has 0 fully saturated rings. The van der Waals surface area contributed by atoms with Crippen LogP contribution in [0.25, 0.3) is 22.5 Å². The Morgan fingerprint density at radius 1 is 1.19 bits per heavy atom. The van der Waals surface area contributed by atoms with Gasteiger partial charge in [-0.1, -0.05) is 0 Å². The molecule has 3 heterocycles. The largest absolute Gasteiger partial charge is 0.423 e. The predicted molar refractivity (Wildman–Crippen MR) is 92.6 cm³/mol. The fraction of sp³-hybridized carbons (Fsp3) is 0.167. The van der Waals surface area contributed by atoms with Crippen LogP contribution in [0.1, 0.15) is 30.2 Å². The van der Waals surface area contributed by atoms with Crippen LogP contribution in [0, 0.1) is 0 Å². The maximum Gasteiger partial charge on any atom is 0.345 e. The second-order valence-corrected chi connectivity index (χ2v) is 5.98. The number of hydrogen-bond donors (Lipinski definition) is 0. The van der Waals surface area contributed by atoms with Crippen molar-refractivity contribution in [2.45, 2.75) is 19.9 Å². The Kier molecular flexibility index (Phi) is 3.92. The highest BCUT2D eigenvalue weighted by atomic mass is 16.5. The van der Waals surface area contributed by atoms with E-state index in [0.29, 0.717) is 17.2 Å². The summed E-state index contributed by atoms with van der Waals surface area (Å²) in [5.41, 5.74) is 1.84. The molecule has 0 radical (unpaired) electrons. The molecular weight excluding hydrogens is 334 g/mol. The Labute approximate surface area is 148 Å². The summed E-state index contributed by atoms with van der Waals surface area (Å²) in [7, 11) is 0. The van der Waals surface area contributed by atoms with Crippen LogP contribution in [0.4, 0.5) is 0 Å². The lowest BCUT2D eigenvalue weighted by molar-refractivity contribution is 0.0734. The summed E-state index contributed by atoms with van der Waals surface area (Å²) in [6.07, 6.45) is 4.45. The van der Waals surface area contributed by atoms with Crippen molar-refractivity contribution in [2.75, 3.05) is 0 Å². The fourth-order valence-corrected chi connectivity index (χ4v) is 2.56. The highest BCUT2D eigenvalue weighted by Gasteiger charge is 2.14. The molecule has 0 aliphatic heterocycles. The molecular formula is C18H15N5O3. The van der Waals surface area contributed by atoms with Crippen LogP contribution < -0.4 is 4.74 Å². The second-order valence-electron chi connectivity index (χ2n) is 5.98. The number of pyridine rings is 1. The van der Waals surface area contributed by atoms with E-state index >= 15 is 0 Å². The zero-order valence-electron chi connectivity index (χ0n) is 14.2. The molecule has 8 heteroatoms. The number of aromatic nitrogens is 5. The minimum atomic E-state index is -0.484. The molecule has 130 valence electrons. The lowest BCUT2D eigenvalue weighted by Crippen LogP contribution is -2.09. The summed E-state index contributed by atoms with van der Waals surface area (Å²) in [6, 6.07) is 8.73. The summed E-state index contributed by atoms with van der Waals surface area (Å²) in [6.45, 7) is 4.04. The maximum absolute atomic E-state index is 12.4. The molecule has 4 rings (SSSR count). The first-order chi connectivity index (χ1) is 12.6. The molecule has 1 aromatic carbocycles. The van der Waals surface area contributed by atoms with E-state index in [2.05, 4.69) is 20.3 Å². The van der Waals surface area contributed by atoms with Gasteiger partial charge in [-0.2, -0.15) is 5.10 Å². The third kappa shape index (κ3) is 2.92. The first-order valence-corrected chi connectivity index (χ1v) is 8.04. The molecule has 0 spiro atoms. The summed E-state index contributed by atoms with van der Waals surface area (Å²) < 4.78 is 12.3. The number of carbonyl (C=O) groups is 1. The number of nitrogens with zero attached hydrogens (tertiary/aromatic N) is 5. The van der Waals surface area contributed by atoms with E-state index in [1.807, 2.05) is 13.8 Å². The molecule has 0 amide bonds. The van der Waals surface area contributed by atoms with Gasteiger partial charge in [0.2, 0.25) is 12.3 Å². The summed E-state index contributed by atoms with van der Waals surface area (Å²) in [5, 5.41) is 12.5. The van der Waals surface area contributed by atoms with Gasteiger partial charge in [-0.25, -0.2) is 14.5 Å². The third-order valence-electron chi connectivity index (χ3n) is 3.83. The minimum absolute atomic E-state index is 0.190. The summed E-state index contributed by atoms with van der Waals surface area (Å²) >= 11 is 0. The predicted octanol–water partition coefficient (Wildman–Crippen LogP) is 3.28. The zero-order valence-corrected chi connectivity index (χ0v) is 14.2. The average molecular weight is 349 g/mol. The molecule has 3 aromatic heterocycles. The lowest BCUT2D eigenvalue weighted by Gasteiger charge is -2.07. The van der Waals surface area contributed by atoms with Gasteiger partial charge in [0.25, 0.3) is 0 Å². The van der Waals surface area contributed by atoms with E-state index < -0.39 is 5.97 Å². The van der Waals surface area contributed by atoms with E-state index in [1.54, 1.807) is 41.2 Å². The lowest BCUT2D eigenvalue weighted by atomic mass is 10.2. The smallest absolute Gasteiger partial charge is 0.345 e. The molecule has 0 bridgehead atoms. The molecule has 0 aliphatic carbocycles. The Bertz CT molecular complexity index is 1050. The number of hydrogen-bond acceptors (Lipinski definition) is 7. The van der Waals surface area contributed by atoms with Crippen LogP contribution >= 0.6 is 0 Å². The average Bonchev–Trinajstić information content (AvgIpc) is 3.31. The normalized spacial score (nSPS) is 11.2. The van der Waals surface area contributed by atoms with Gasteiger partial charge in [-0.15, -0.1) is 10.2 Å². The number of esters is 1. The van der Waals surface area contributed by atoms with Gasteiger partial charge in [-0.05, 0) is 44.2 Å². The molecule has 0 unspecified atom stereocenters. The molecule has 4 aromatic rings. The number of ether oxygens (including phenoxy) is 1. The van der Waals surface area contributed by atoms with Crippen molar-refractivity contribution in [1.82, 2.24) is 25.0 Å². The van der Waals surface area contributed by atoms with Gasteiger partial charge in [-0.3, -0.25) is 0 Å². The van der Waals surface area contributed by atoms with Crippen molar-refractivity contribution >= 4 is 17.0 Å². The van der Waals surface area contributed by atoms with Gasteiger partial charge in [0, 0.05) is 23.2 Å². The minimum Gasteiger partial charge on any atom is -0.423 e. The second kappa shape index (κ2) is 6.40. The highest BCUT2D eigenvalue weighted by molar-refractivity contribution is 5.94.